The number of anilines is 1. The van der Waals surface area contributed by atoms with Crippen molar-refractivity contribution in [3.8, 4) is 5.75 Å². The second kappa shape index (κ2) is 7.49. The van der Waals surface area contributed by atoms with Gasteiger partial charge >= 0.3 is 5.97 Å². The van der Waals surface area contributed by atoms with Gasteiger partial charge in [0.05, 0.1) is 19.4 Å². The highest BCUT2D eigenvalue weighted by Gasteiger charge is 2.23. The molecule has 0 unspecified atom stereocenters. The number of carbonyl (C=O) groups is 1. The lowest BCUT2D eigenvalue weighted by molar-refractivity contribution is 0.0511. The molecular formula is C17H23NO3S. The third kappa shape index (κ3) is 3.19. The summed E-state index contributed by atoms with van der Waals surface area (Å²) < 4.78 is 11.7. The van der Waals surface area contributed by atoms with Gasteiger partial charge in [0.15, 0.2) is 0 Å². The van der Waals surface area contributed by atoms with E-state index in [0.717, 1.165) is 41.0 Å². The number of carbonyl (C=O) groups excluding carboxylic acids is 1. The molecular weight excluding hydrogens is 298 g/mol. The summed E-state index contributed by atoms with van der Waals surface area (Å²) in [7, 11) is 1.65. The second-order valence-corrected chi connectivity index (χ2v) is 6.00. The number of ether oxygens (including phenoxy) is 2. The minimum atomic E-state index is -0.232. The smallest absolute Gasteiger partial charge is 0.350 e. The maximum atomic E-state index is 12.4. The third-order valence-electron chi connectivity index (χ3n) is 3.57. The number of hydrogen-bond acceptors (Lipinski definition) is 5. The second-order valence-electron chi connectivity index (χ2n) is 4.95. The highest BCUT2D eigenvalue weighted by molar-refractivity contribution is 7.21. The average molecular weight is 321 g/mol. The molecule has 0 saturated heterocycles. The van der Waals surface area contributed by atoms with Crippen LogP contribution >= 0.6 is 11.3 Å². The zero-order chi connectivity index (χ0) is 16.1. The molecule has 0 amide bonds. The molecule has 1 aromatic carbocycles. The van der Waals surface area contributed by atoms with Crippen LogP contribution in [0.5, 0.6) is 5.75 Å². The molecule has 0 bridgehead atoms. The molecule has 0 aliphatic heterocycles. The van der Waals surface area contributed by atoms with Crippen LogP contribution in [0.3, 0.4) is 0 Å². The minimum Gasteiger partial charge on any atom is -0.497 e. The molecule has 22 heavy (non-hydrogen) atoms. The summed E-state index contributed by atoms with van der Waals surface area (Å²) in [5.41, 5.74) is 0.980. The highest BCUT2D eigenvalue weighted by Crippen LogP contribution is 2.40. The predicted molar refractivity (Wildman–Crippen MR) is 92.5 cm³/mol. The number of hydrogen-bond donors (Lipinski definition) is 0. The van der Waals surface area contributed by atoms with E-state index in [-0.39, 0.29) is 5.97 Å². The maximum Gasteiger partial charge on any atom is 0.350 e. The Hall–Kier alpha value is -1.75. The summed E-state index contributed by atoms with van der Waals surface area (Å²) in [4.78, 5) is 15.3. The molecule has 0 aliphatic carbocycles. The molecule has 120 valence electrons. The van der Waals surface area contributed by atoms with Gasteiger partial charge in [-0.25, -0.2) is 4.79 Å². The lowest BCUT2D eigenvalue weighted by atomic mass is 10.2. The van der Waals surface area contributed by atoms with Crippen LogP contribution in [0.25, 0.3) is 10.1 Å². The Labute approximate surface area is 135 Å². The SMILES string of the molecule is CCCOC(=O)c1sc2cc(OC)ccc2c1N(CC)CC. The number of esters is 1. The van der Waals surface area contributed by atoms with Crippen molar-refractivity contribution in [2.45, 2.75) is 27.2 Å². The number of benzene rings is 1. The van der Waals surface area contributed by atoms with Crippen molar-refractivity contribution >= 4 is 33.1 Å². The predicted octanol–water partition coefficient (Wildman–Crippen LogP) is 4.32. The Bertz CT molecular complexity index is 647. The first-order chi connectivity index (χ1) is 10.7. The van der Waals surface area contributed by atoms with Crippen LogP contribution < -0.4 is 9.64 Å². The number of methoxy groups -OCH3 is 1. The van der Waals surface area contributed by atoms with Crippen LogP contribution in [-0.2, 0) is 4.74 Å². The Balaban J connectivity index is 2.56. The van der Waals surface area contributed by atoms with E-state index >= 15 is 0 Å². The van der Waals surface area contributed by atoms with E-state index in [1.54, 1.807) is 7.11 Å². The first-order valence-corrected chi connectivity index (χ1v) is 8.50. The molecule has 5 heteroatoms. The van der Waals surface area contributed by atoms with Gasteiger partial charge in [0.2, 0.25) is 0 Å². The standard InChI is InChI=1S/C17H23NO3S/c1-5-10-21-17(19)16-15(18(6-2)7-3)13-9-8-12(20-4)11-14(13)22-16/h8-9,11H,5-7,10H2,1-4H3. The molecule has 4 nitrogen and oxygen atoms in total. The summed E-state index contributed by atoms with van der Waals surface area (Å²) >= 11 is 1.47. The first kappa shape index (κ1) is 16.6. The largest absolute Gasteiger partial charge is 0.497 e. The van der Waals surface area contributed by atoms with Crippen LogP contribution in [0.2, 0.25) is 0 Å². The number of nitrogens with zero attached hydrogens (tertiary/aromatic N) is 1. The van der Waals surface area contributed by atoms with Crippen molar-refractivity contribution in [2.24, 2.45) is 0 Å². The maximum absolute atomic E-state index is 12.4. The third-order valence-corrected chi connectivity index (χ3v) is 4.70. The Morgan fingerprint density at radius 2 is 1.95 bits per heavy atom. The summed E-state index contributed by atoms with van der Waals surface area (Å²) in [6.45, 7) is 8.34. The van der Waals surface area contributed by atoms with E-state index in [4.69, 9.17) is 9.47 Å². The van der Waals surface area contributed by atoms with Crippen LogP contribution in [0.4, 0.5) is 5.69 Å². The zero-order valence-electron chi connectivity index (χ0n) is 13.6. The Morgan fingerprint density at radius 1 is 1.23 bits per heavy atom. The van der Waals surface area contributed by atoms with Gasteiger partial charge in [0, 0.05) is 23.2 Å². The minimum absolute atomic E-state index is 0.232. The fourth-order valence-corrected chi connectivity index (χ4v) is 3.59. The summed E-state index contributed by atoms with van der Waals surface area (Å²) in [5.74, 6) is 0.567. The first-order valence-electron chi connectivity index (χ1n) is 7.68. The molecule has 0 saturated carbocycles. The molecule has 1 aromatic heterocycles. The summed E-state index contributed by atoms with van der Waals surface area (Å²) in [5, 5.41) is 1.08. The van der Waals surface area contributed by atoms with Crippen molar-refractivity contribution in [1.29, 1.82) is 0 Å². The van der Waals surface area contributed by atoms with Crippen LogP contribution in [-0.4, -0.2) is 32.8 Å². The van der Waals surface area contributed by atoms with Gasteiger partial charge in [-0.15, -0.1) is 11.3 Å². The van der Waals surface area contributed by atoms with Crippen molar-refractivity contribution < 1.29 is 14.3 Å². The van der Waals surface area contributed by atoms with E-state index < -0.39 is 0 Å². The van der Waals surface area contributed by atoms with Crippen molar-refractivity contribution in [3.63, 3.8) is 0 Å². The lowest BCUT2D eigenvalue weighted by Crippen LogP contribution is -2.23. The van der Waals surface area contributed by atoms with E-state index in [0.29, 0.717) is 11.5 Å². The van der Waals surface area contributed by atoms with Gasteiger partial charge in [-0.05, 0) is 38.5 Å². The summed E-state index contributed by atoms with van der Waals surface area (Å²) in [6.07, 6.45) is 0.824. The summed E-state index contributed by atoms with van der Waals surface area (Å²) in [6, 6.07) is 5.93. The van der Waals surface area contributed by atoms with Gasteiger partial charge in [-0.1, -0.05) is 6.92 Å². The number of rotatable bonds is 7. The Morgan fingerprint density at radius 3 is 2.55 bits per heavy atom. The molecule has 2 rings (SSSR count). The van der Waals surface area contributed by atoms with Crippen molar-refractivity contribution in [1.82, 2.24) is 0 Å². The zero-order valence-corrected chi connectivity index (χ0v) is 14.5. The van der Waals surface area contributed by atoms with Crippen molar-refractivity contribution in [3.05, 3.63) is 23.1 Å². The molecule has 0 fully saturated rings. The van der Waals surface area contributed by atoms with Crippen LogP contribution in [0.1, 0.15) is 36.9 Å². The van der Waals surface area contributed by atoms with Gasteiger partial charge < -0.3 is 14.4 Å². The highest BCUT2D eigenvalue weighted by atomic mass is 32.1. The Kier molecular flexibility index (Phi) is 5.66. The molecule has 0 atom stereocenters. The van der Waals surface area contributed by atoms with E-state index in [1.807, 2.05) is 25.1 Å². The molecule has 0 N–H and O–H groups in total. The molecule has 0 spiro atoms. The van der Waals surface area contributed by atoms with Gasteiger partial charge in [0.25, 0.3) is 0 Å². The van der Waals surface area contributed by atoms with Crippen LogP contribution in [0, 0.1) is 0 Å². The van der Waals surface area contributed by atoms with Crippen LogP contribution in [0.15, 0.2) is 18.2 Å². The van der Waals surface area contributed by atoms with Gasteiger partial charge in [-0.2, -0.15) is 0 Å². The van der Waals surface area contributed by atoms with E-state index in [2.05, 4.69) is 18.7 Å². The fourth-order valence-electron chi connectivity index (χ4n) is 2.44. The van der Waals surface area contributed by atoms with E-state index in [1.165, 1.54) is 11.3 Å². The van der Waals surface area contributed by atoms with Gasteiger partial charge in [-0.3, -0.25) is 0 Å². The number of thiophene rings is 1. The lowest BCUT2D eigenvalue weighted by Gasteiger charge is -2.21. The molecule has 0 aliphatic rings. The van der Waals surface area contributed by atoms with Crippen molar-refractivity contribution in [2.75, 3.05) is 31.7 Å². The topological polar surface area (TPSA) is 38.8 Å². The monoisotopic (exact) mass is 321 g/mol. The number of fused-ring (bicyclic) bond motifs is 1. The average Bonchev–Trinajstić information content (AvgIpc) is 2.92. The molecule has 1 heterocycles. The normalized spacial score (nSPS) is 10.7. The fraction of sp³-hybridized carbons (Fsp3) is 0.471. The molecule has 0 radical (unpaired) electrons. The van der Waals surface area contributed by atoms with Gasteiger partial charge in [0.1, 0.15) is 10.6 Å². The quantitative estimate of drug-likeness (QED) is 0.712. The van der Waals surface area contributed by atoms with E-state index in [9.17, 15) is 4.79 Å². The molecule has 2 aromatic rings.